The van der Waals surface area contributed by atoms with Crippen LogP contribution in [0, 0.1) is 17.6 Å². The van der Waals surface area contributed by atoms with Crippen molar-refractivity contribution in [2.24, 2.45) is 5.92 Å². The van der Waals surface area contributed by atoms with Crippen LogP contribution in [0.2, 0.25) is 0 Å². The molecule has 0 N–H and O–H groups in total. The van der Waals surface area contributed by atoms with Gasteiger partial charge in [-0.25, -0.2) is 4.39 Å². The second kappa shape index (κ2) is 9.48. The monoisotopic (exact) mass is 420 g/mol. The minimum Gasteiger partial charge on any atom is -0.494 e. The molecular weight excluding hydrogens is 390 g/mol. The highest BCUT2D eigenvalue weighted by atomic mass is 19.2. The summed E-state index contributed by atoms with van der Waals surface area (Å²) in [6, 6.07) is 7.09. The molecule has 0 unspecified atom stereocenters. The van der Waals surface area contributed by atoms with Gasteiger partial charge in [-0.2, -0.15) is 4.39 Å². The molecule has 1 aliphatic carbocycles. The Hall–Kier alpha value is -1.92. The third-order valence-corrected chi connectivity index (χ3v) is 6.41. The Bertz CT molecular complexity index is 834. The SMILES string of the molecule is CCC[C@H]1CO[C@H](c2ccc([C@H]3CC[C@H](c4ccc(OC)c(F)c4F)CC3)o2)OC1. The molecule has 2 aromatic rings. The Morgan fingerprint density at radius 3 is 2.23 bits per heavy atom. The highest BCUT2D eigenvalue weighted by Gasteiger charge is 2.30. The summed E-state index contributed by atoms with van der Waals surface area (Å²) < 4.78 is 51.1. The molecule has 0 bridgehead atoms. The lowest BCUT2D eigenvalue weighted by Gasteiger charge is -2.29. The van der Waals surface area contributed by atoms with Crippen LogP contribution in [0.15, 0.2) is 28.7 Å². The second-order valence-electron chi connectivity index (χ2n) is 8.43. The highest BCUT2D eigenvalue weighted by molar-refractivity contribution is 5.33. The lowest BCUT2D eigenvalue weighted by Crippen LogP contribution is -2.26. The largest absolute Gasteiger partial charge is 0.494 e. The van der Waals surface area contributed by atoms with E-state index in [1.54, 1.807) is 6.07 Å². The minimum absolute atomic E-state index is 0.0107. The van der Waals surface area contributed by atoms with E-state index in [4.69, 9.17) is 18.6 Å². The van der Waals surface area contributed by atoms with Crippen molar-refractivity contribution >= 4 is 0 Å². The molecule has 0 atom stereocenters. The first-order chi connectivity index (χ1) is 14.6. The van der Waals surface area contributed by atoms with Crippen LogP contribution in [0.4, 0.5) is 8.78 Å². The molecule has 0 radical (unpaired) electrons. The Balaban J connectivity index is 1.35. The van der Waals surface area contributed by atoms with Gasteiger partial charge in [-0.15, -0.1) is 0 Å². The van der Waals surface area contributed by atoms with Crippen LogP contribution in [0.25, 0.3) is 0 Å². The van der Waals surface area contributed by atoms with Crippen molar-refractivity contribution in [2.45, 2.75) is 63.6 Å². The quantitative estimate of drug-likeness (QED) is 0.537. The van der Waals surface area contributed by atoms with Crippen molar-refractivity contribution in [1.82, 2.24) is 0 Å². The van der Waals surface area contributed by atoms with Gasteiger partial charge in [0.15, 0.2) is 17.3 Å². The predicted octanol–water partition coefficient (Wildman–Crippen LogP) is 6.47. The maximum atomic E-state index is 14.4. The second-order valence-corrected chi connectivity index (χ2v) is 8.43. The lowest BCUT2D eigenvalue weighted by molar-refractivity contribution is -0.214. The molecule has 0 spiro atoms. The van der Waals surface area contributed by atoms with Gasteiger partial charge in [0.05, 0.1) is 20.3 Å². The van der Waals surface area contributed by atoms with Crippen molar-refractivity contribution in [1.29, 1.82) is 0 Å². The van der Waals surface area contributed by atoms with Crippen molar-refractivity contribution < 1.29 is 27.4 Å². The molecule has 164 valence electrons. The molecule has 1 saturated heterocycles. The van der Waals surface area contributed by atoms with Crippen molar-refractivity contribution in [3.63, 3.8) is 0 Å². The number of halogens is 2. The molecule has 6 heteroatoms. The Kier molecular flexibility index (Phi) is 6.74. The van der Waals surface area contributed by atoms with Gasteiger partial charge < -0.3 is 18.6 Å². The molecule has 1 aliphatic heterocycles. The van der Waals surface area contributed by atoms with Crippen LogP contribution in [0.1, 0.15) is 80.7 Å². The number of furan rings is 1. The number of methoxy groups -OCH3 is 1. The molecule has 4 nitrogen and oxygen atoms in total. The van der Waals surface area contributed by atoms with Crippen molar-refractivity contribution in [3.05, 3.63) is 53.0 Å². The molecule has 4 rings (SSSR count). The zero-order valence-corrected chi connectivity index (χ0v) is 17.7. The van der Waals surface area contributed by atoms with Crippen LogP contribution in [0.3, 0.4) is 0 Å². The zero-order valence-electron chi connectivity index (χ0n) is 17.7. The van der Waals surface area contributed by atoms with E-state index in [0.29, 0.717) is 30.5 Å². The van der Waals surface area contributed by atoms with Crippen molar-refractivity contribution in [3.8, 4) is 5.75 Å². The van der Waals surface area contributed by atoms with E-state index in [1.165, 1.54) is 13.2 Å². The third-order valence-electron chi connectivity index (χ3n) is 6.41. The van der Waals surface area contributed by atoms with Gasteiger partial charge in [0.2, 0.25) is 12.1 Å². The standard InChI is InChI=1S/C24H30F2O4/c1-3-4-15-13-28-24(29-14-15)21-12-11-19(30-21)17-7-5-16(6-8-17)18-9-10-20(27-2)23(26)22(18)25/h9-12,15-17,24H,3-8,13-14H2,1-2H3/t15-,16-,17-,24-. The first-order valence-corrected chi connectivity index (χ1v) is 10.9. The Labute approximate surface area is 176 Å². The summed E-state index contributed by atoms with van der Waals surface area (Å²) in [5.74, 6) is 0.639. The fraction of sp³-hybridized carbons (Fsp3) is 0.583. The smallest absolute Gasteiger partial charge is 0.217 e. The Morgan fingerprint density at radius 1 is 0.900 bits per heavy atom. The van der Waals surface area contributed by atoms with Gasteiger partial charge in [0.25, 0.3) is 0 Å². The number of benzene rings is 1. The summed E-state index contributed by atoms with van der Waals surface area (Å²) in [7, 11) is 1.34. The molecule has 1 aromatic carbocycles. The molecule has 30 heavy (non-hydrogen) atoms. The average Bonchev–Trinajstić information content (AvgIpc) is 3.27. The number of hydrogen-bond acceptors (Lipinski definition) is 4. The van der Waals surface area contributed by atoms with Crippen molar-refractivity contribution in [2.75, 3.05) is 20.3 Å². The molecule has 1 aromatic heterocycles. The fourth-order valence-corrected chi connectivity index (χ4v) is 4.71. The molecule has 1 saturated carbocycles. The van der Waals surface area contributed by atoms with Crippen LogP contribution in [0.5, 0.6) is 5.75 Å². The Morgan fingerprint density at radius 2 is 1.57 bits per heavy atom. The van der Waals surface area contributed by atoms with Gasteiger partial charge in [-0.1, -0.05) is 19.4 Å². The van der Waals surface area contributed by atoms with E-state index >= 15 is 0 Å². The minimum atomic E-state index is -0.901. The molecule has 0 amide bonds. The maximum absolute atomic E-state index is 14.4. The normalized spacial score (nSPS) is 27.2. The number of ether oxygens (including phenoxy) is 3. The van der Waals surface area contributed by atoms with Gasteiger partial charge in [0.1, 0.15) is 5.76 Å². The van der Waals surface area contributed by atoms with E-state index in [2.05, 4.69) is 6.92 Å². The maximum Gasteiger partial charge on any atom is 0.217 e. The van der Waals surface area contributed by atoms with Gasteiger partial charge in [-0.05, 0) is 61.8 Å². The average molecular weight is 420 g/mol. The molecule has 2 fully saturated rings. The summed E-state index contributed by atoms with van der Waals surface area (Å²) in [4.78, 5) is 0. The zero-order chi connectivity index (χ0) is 21.1. The summed E-state index contributed by atoms with van der Waals surface area (Å²) in [6.07, 6.45) is 5.13. The van der Waals surface area contributed by atoms with Crippen LogP contribution in [-0.4, -0.2) is 20.3 Å². The summed E-state index contributed by atoms with van der Waals surface area (Å²) in [5, 5.41) is 0. The number of rotatable bonds is 6. The first-order valence-electron chi connectivity index (χ1n) is 10.9. The van der Waals surface area contributed by atoms with Crippen LogP contribution < -0.4 is 4.74 Å². The van der Waals surface area contributed by atoms with Crippen LogP contribution in [-0.2, 0) is 9.47 Å². The van der Waals surface area contributed by atoms with Gasteiger partial charge in [0, 0.05) is 11.8 Å². The lowest BCUT2D eigenvalue weighted by atomic mass is 9.77. The summed E-state index contributed by atoms with van der Waals surface area (Å²) in [6.45, 7) is 3.56. The summed E-state index contributed by atoms with van der Waals surface area (Å²) >= 11 is 0. The topological polar surface area (TPSA) is 40.8 Å². The van der Waals surface area contributed by atoms with E-state index in [0.717, 1.165) is 44.3 Å². The number of hydrogen-bond donors (Lipinski definition) is 0. The van der Waals surface area contributed by atoms with E-state index in [-0.39, 0.29) is 17.6 Å². The molecule has 2 aliphatic rings. The third kappa shape index (κ3) is 4.40. The van der Waals surface area contributed by atoms with E-state index in [9.17, 15) is 8.78 Å². The fourth-order valence-electron chi connectivity index (χ4n) is 4.71. The highest BCUT2D eigenvalue weighted by Crippen LogP contribution is 2.43. The van der Waals surface area contributed by atoms with E-state index in [1.807, 2.05) is 12.1 Å². The van der Waals surface area contributed by atoms with Gasteiger partial charge >= 0.3 is 0 Å². The van der Waals surface area contributed by atoms with Gasteiger partial charge in [-0.3, -0.25) is 0 Å². The van der Waals surface area contributed by atoms with Crippen LogP contribution >= 0.6 is 0 Å². The molecular formula is C24H30F2O4. The summed E-state index contributed by atoms with van der Waals surface area (Å²) in [5.41, 5.74) is 0.442. The molecule has 2 heterocycles. The first kappa shape index (κ1) is 21.3. The predicted molar refractivity (Wildman–Crippen MR) is 109 cm³/mol. The van der Waals surface area contributed by atoms with E-state index < -0.39 is 17.9 Å².